The smallest absolute Gasteiger partial charge is 0.348 e. The van der Waals surface area contributed by atoms with E-state index in [-0.39, 0.29) is 23.6 Å². The van der Waals surface area contributed by atoms with Gasteiger partial charge in [0.25, 0.3) is 0 Å². The van der Waals surface area contributed by atoms with E-state index >= 15 is 0 Å². The second-order valence-corrected chi connectivity index (χ2v) is 6.14. The average Bonchev–Trinajstić information content (AvgIpc) is 2.57. The van der Waals surface area contributed by atoms with Crippen molar-refractivity contribution >= 4 is 5.95 Å². The highest BCUT2D eigenvalue weighted by Gasteiger charge is 2.31. The molecule has 0 amide bonds. The maximum Gasteiger partial charge on any atom is 0.416 e. The zero-order chi connectivity index (χ0) is 18.9. The molecule has 2 atom stereocenters. The van der Waals surface area contributed by atoms with Crippen molar-refractivity contribution in [2.75, 3.05) is 18.4 Å². The molecule has 26 heavy (non-hydrogen) atoms. The molecule has 9 heteroatoms. The summed E-state index contributed by atoms with van der Waals surface area (Å²) in [4.78, 5) is 8.25. The van der Waals surface area contributed by atoms with Gasteiger partial charge in [-0.05, 0) is 32.0 Å². The minimum atomic E-state index is -4.61. The quantitative estimate of drug-likeness (QED) is 0.807. The maximum atomic E-state index is 14.1. The molecule has 0 radical (unpaired) electrons. The number of anilines is 1. The second kappa shape index (κ2) is 7.14. The Bertz CT molecular complexity index is 793. The molecule has 1 aliphatic heterocycles. The van der Waals surface area contributed by atoms with Crippen LogP contribution in [0.1, 0.15) is 17.7 Å². The van der Waals surface area contributed by atoms with E-state index in [1.165, 1.54) is 6.20 Å². The van der Waals surface area contributed by atoms with Crippen LogP contribution in [-0.2, 0) is 6.18 Å². The summed E-state index contributed by atoms with van der Waals surface area (Å²) in [6.45, 7) is 2.51. The lowest BCUT2D eigenvalue weighted by molar-refractivity contribution is -0.137. The molecule has 1 fully saturated rings. The molecule has 2 aromatic rings. The number of benzene rings is 1. The Kier molecular flexibility index (Phi) is 5.08. The molecular weight excluding hydrogens is 355 g/mol. The van der Waals surface area contributed by atoms with Crippen LogP contribution in [0.4, 0.5) is 27.9 Å². The normalized spacial score (nSPS) is 20.8. The van der Waals surface area contributed by atoms with Gasteiger partial charge in [0, 0.05) is 23.9 Å². The fraction of sp³-hybridized carbons (Fsp3) is 0.412. The summed E-state index contributed by atoms with van der Waals surface area (Å²) < 4.78 is 65.9. The highest BCUT2D eigenvalue weighted by Crippen LogP contribution is 2.33. The number of hydrogen-bond donors (Lipinski definition) is 2. The number of aromatic nitrogens is 2. The maximum absolute atomic E-state index is 14.1. The first-order chi connectivity index (χ1) is 12.3. The summed E-state index contributed by atoms with van der Waals surface area (Å²) in [7, 11) is 0. The van der Waals surface area contributed by atoms with Gasteiger partial charge in [0.15, 0.2) is 0 Å². The lowest BCUT2D eigenvalue weighted by atomic mass is 10.0. The molecule has 0 bridgehead atoms. The fourth-order valence-electron chi connectivity index (χ4n) is 2.86. The Morgan fingerprint density at radius 1 is 1.23 bits per heavy atom. The van der Waals surface area contributed by atoms with Crippen LogP contribution in [0.15, 0.2) is 24.4 Å². The average molecular weight is 372 g/mol. The van der Waals surface area contributed by atoms with E-state index in [2.05, 4.69) is 20.6 Å². The Morgan fingerprint density at radius 2 is 2.00 bits per heavy atom. The van der Waals surface area contributed by atoms with Crippen molar-refractivity contribution in [2.24, 2.45) is 0 Å². The van der Waals surface area contributed by atoms with Crippen LogP contribution in [0.2, 0.25) is 0 Å². The van der Waals surface area contributed by atoms with Gasteiger partial charge in [0.05, 0.1) is 17.3 Å². The van der Waals surface area contributed by atoms with Crippen molar-refractivity contribution in [2.45, 2.75) is 31.7 Å². The third kappa shape index (κ3) is 3.92. The summed E-state index contributed by atoms with van der Waals surface area (Å²) >= 11 is 0. The van der Waals surface area contributed by atoms with E-state index in [0.29, 0.717) is 24.7 Å². The largest absolute Gasteiger partial charge is 0.416 e. The first-order valence-electron chi connectivity index (χ1n) is 8.08. The summed E-state index contributed by atoms with van der Waals surface area (Å²) in [6.07, 6.45) is -3.81. The standard InChI is InChI=1S/C17H17F5N4/c1-9-12(11-3-2-10(6-13(11)18)17(20,21)22)7-24-16(25-9)26-15-4-5-23-8-14(15)19/h2-3,6-7,14-15,23H,4-5,8H2,1H3,(H,24,25,26). The number of aryl methyl sites for hydroxylation is 1. The molecule has 3 rings (SSSR count). The fourth-order valence-corrected chi connectivity index (χ4v) is 2.86. The lowest BCUT2D eigenvalue weighted by Gasteiger charge is -2.27. The van der Waals surface area contributed by atoms with Gasteiger partial charge in [-0.1, -0.05) is 6.07 Å². The molecule has 2 unspecified atom stereocenters. The summed E-state index contributed by atoms with van der Waals surface area (Å²) in [6, 6.07) is 1.89. The number of alkyl halides is 4. The Balaban J connectivity index is 1.84. The minimum absolute atomic E-state index is 0.0210. The van der Waals surface area contributed by atoms with Crippen LogP contribution < -0.4 is 10.6 Å². The molecule has 0 aliphatic carbocycles. The zero-order valence-electron chi connectivity index (χ0n) is 13.9. The van der Waals surface area contributed by atoms with E-state index in [1.54, 1.807) is 6.92 Å². The van der Waals surface area contributed by atoms with Crippen LogP contribution in [-0.4, -0.2) is 35.3 Å². The number of rotatable bonds is 3. The first-order valence-corrected chi connectivity index (χ1v) is 8.08. The van der Waals surface area contributed by atoms with Crippen molar-refractivity contribution in [1.29, 1.82) is 0 Å². The van der Waals surface area contributed by atoms with E-state index in [1.807, 2.05) is 0 Å². The van der Waals surface area contributed by atoms with Crippen LogP contribution in [0, 0.1) is 12.7 Å². The van der Waals surface area contributed by atoms with Gasteiger partial charge >= 0.3 is 6.18 Å². The molecular formula is C17H17F5N4. The van der Waals surface area contributed by atoms with Crippen molar-refractivity contribution in [3.63, 3.8) is 0 Å². The number of piperidine rings is 1. The molecule has 1 aliphatic rings. The molecule has 2 heterocycles. The third-order valence-electron chi connectivity index (χ3n) is 4.29. The van der Waals surface area contributed by atoms with Crippen molar-refractivity contribution in [1.82, 2.24) is 15.3 Å². The first kappa shape index (κ1) is 18.5. The predicted octanol–water partition coefficient (Wildman–Crippen LogP) is 3.72. The second-order valence-electron chi connectivity index (χ2n) is 6.14. The van der Waals surface area contributed by atoms with Gasteiger partial charge in [-0.15, -0.1) is 0 Å². The van der Waals surface area contributed by atoms with Gasteiger partial charge in [-0.3, -0.25) is 0 Å². The van der Waals surface area contributed by atoms with Crippen molar-refractivity contribution in [3.05, 3.63) is 41.5 Å². The van der Waals surface area contributed by atoms with Gasteiger partial charge in [-0.2, -0.15) is 13.2 Å². The Hall–Kier alpha value is -2.29. The molecule has 0 saturated carbocycles. The minimum Gasteiger partial charge on any atom is -0.348 e. The number of hydrogen-bond acceptors (Lipinski definition) is 4. The molecule has 0 spiro atoms. The highest BCUT2D eigenvalue weighted by atomic mass is 19.4. The van der Waals surface area contributed by atoms with E-state index < -0.39 is 29.8 Å². The topological polar surface area (TPSA) is 49.8 Å². The monoisotopic (exact) mass is 372 g/mol. The van der Waals surface area contributed by atoms with Gasteiger partial charge in [-0.25, -0.2) is 18.7 Å². The number of nitrogens with one attached hydrogen (secondary N) is 2. The molecule has 1 saturated heterocycles. The summed E-state index contributed by atoms with van der Waals surface area (Å²) in [5.41, 5.74) is -0.419. The van der Waals surface area contributed by atoms with Gasteiger partial charge < -0.3 is 10.6 Å². The van der Waals surface area contributed by atoms with Crippen molar-refractivity contribution in [3.8, 4) is 11.1 Å². The lowest BCUT2D eigenvalue weighted by Crippen LogP contribution is -2.45. The third-order valence-corrected chi connectivity index (χ3v) is 4.29. The van der Waals surface area contributed by atoms with Crippen LogP contribution in [0.25, 0.3) is 11.1 Å². The van der Waals surface area contributed by atoms with Crippen LogP contribution >= 0.6 is 0 Å². The van der Waals surface area contributed by atoms with Gasteiger partial charge in [0.2, 0.25) is 5.95 Å². The zero-order valence-corrected chi connectivity index (χ0v) is 13.9. The molecule has 1 aromatic carbocycles. The summed E-state index contributed by atoms with van der Waals surface area (Å²) in [5, 5.41) is 5.85. The number of nitrogens with zero attached hydrogens (tertiary/aromatic N) is 2. The SMILES string of the molecule is Cc1nc(NC2CCNCC2F)ncc1-c1ccc(C(F)(F)F)cc1F. The highest BCUT2D eigenvalue weighted by molar-refractivity contribution is 5.66. The molecule has 2 N–H and O–H groups in total. The Morgan fingerprint density at radius 3 is 2.62 bits per heavy atom. The van der Waals surface area contributed by atoms with Crippen molar-refractivity contribution < 1.29 is 22.0 Å². The molecule has 4 nitrogen and oxygen atoms in total. The van der Waals surface area contributed by atoms with Gasteiger partial charge in [0.1, 0.15) is 12.0 Å². The molecule has 140 valence electrons. The summed E-state index contributed by atoms with van der Waals surface area (Å²) in [5.74, 6) is -0.803. The van der Waals surface area contributed by atoms with E-state index in [0.717, 1.165) is 12.1 Å². The number of halogens is 5. The van der Waals surface area contributed by atoms with Crippen LogP contribution in [0.3, 0.4) is 0 Å². The molecule has 1 aromatic heterocycles. The Labute approximate surface area is 146 Å². The van der Waals surface area contributed by atoms with Crippen LogP contribution in [0.5, 0.6) is 0 Å². The van der Waals surface area contributed by atoms with E-state index in [9.17, 15) is 22.0 Å². The predicted molar refractivity (Wildman–Crippen MR) is 87.0 cm³/mol. The van der Waals surface area contributed by atoms with E-state index in [4.69, 9.17) is 0 Å².